The molecule has 6 nitrogen and oxygen atoms in total. The van der Waals surface area contributed by atoms with Crippen molar-refractivity contribution in [1.82, 2.24) is 4.90 Å². The van der Waals surface area contributed by atoms with E-state index in [4.69, 9.17) is 15.2 Å². The maximum atomic E-state index is 12.6. The molecule has 6 heteroatoms. The number of carbonyl (C=O) groups excluding carboxylic acids is 2. The van der Waals surface area contributed by atoms with Gasteiger partial charge in [-0.2, -0.15) is 0 Å². The molecule has 0 atom stereocenters. The number of benzene rings is 1. The molecule has 1 amide bonds. The van der Waals surface area contributed by atoms with Crippen LogP contribution in [0.4, 0.5) is 5.69 Å². The van der Waals surface area contributed by atoms with E-state index >= 15 is 0 Å². The fourth-order valence-electron chi connectivity index (χ4n) is 1.90. The Kier molecular flexibility index (Phi) is 6.52. The minimum atomic E-state index is -0.444. The van der Waals surface area contributed by atoms with Gasteiger partial charge in [0.05, 0.1) is 13.2 Å². The van der Waals surface area contributed by atoms with E-state index in [1.165, 1.54) is 4.90 Å². The third kappa shape index (κ3) is 4.37. The second-order valence-corrected chi connectivity index (χ2v) is 4.28. The lowest BCUT2D eigenvalue weighted by Crippen LogP contribution is -2.37. The number of hydrogen-bond donors (Lipinski definition) is 1. The number of ether oxygens (including phenoxy) is 2. The van der Waals surface area contributed by atoms with Gasteiger partial charge in [0.1, 0.15) is 17.9 Å². The lowest BCUT2D eigenvalue weighted by molar-refractivity contribution is -0.143. The summed E-state index contributed by atoms with van der Waals surface area (Å²) in [5.41, 5.74) is 6.50. The van der Waals surface area contributed by atoms with Crippen molar-refractivity contribution in [2.45, 2.75) is 20.8 Å². The lowest BCUT2D eigenvalue weighted by atomic mass is 10.1. The van der Waals surface area contributed by atoms with Crippen LogP contribution in [0.5, 0.6) is 5.75 Å². The molecule has 1 aromatic carbocycles. The van der Waals surface area contributed by atoms with Crippen LogP contribution < -0.4 is 10.5 Å². The largest absolute Gasteiger partial charge is 0.493 e. The Bertz CT molecular complexity index is 502. The summed E-state index contributed by atoms with van der Waals surface area (Å²) in [5, 5.41) is 0. The normalized spacial score (nSPS) is 10.0. The summed E-state index contributed by atoms with van der Waals surface area (Å²) in [6, 6.07) is 5.04. The Morgan fingerprint density at radius 1 is 1.19 bits per heavy atom. The van der Waals surface area contributed by atoms with Gasteiger partial charge < -0.3 is 20.1 Å². The molecule has 0 spiro atoms. The molecule has 21 heavy (non-hydrogen) atoms. The van der Waals surface area contributed by atoms with Crippen LogP contribution in [-0.2, 0) is 9.53 Å². The number of esters is 1. The maximum Gasteiger partial charge on any atom is 0.325 e. The molecule has 0 aliphatic rings. The number of carbonyl (C=O) groups is 2. The Hall–Kier alpha value is -2.24. The van der Waals surface area contributed by atoms with Crippen molar-refractivity contribution in [2.24, 2.45) is 0 Å². The van der Waals surface area contributed by atoms with E-state index in [2.05, 4.69) is 0 Å². The van der Waals surface area contributed by atoms with E-state index in [1.807, 2.05) is 6.92 Å². The van der Waals surface area contributed by atoms with Gasteiger partial charge in [0, 0.05) is 12.2 Å². The molecule has 0 unspecified atom stereocenters. The van der Waals surface area contributed by atoms with Gasteiger partial charge >= 0.3 is 5.97 Å². The Labute approximate surface area is 124 Å². The van der Waals surface area contributed by atoms with Crippen LogP contribution in [0.15, 0.2) is 18.2 Å². The number of anilines is 1. The number of nitrogen functional groups attached to an aromatic ring is 1. The van der Waals surface area contributed by atoms with Crippen LogP contribution in [0.1, 0.15) is 31.1 Å². The molecule has 0 saturated carbocycles. The number of nitrogens with two attached hydrogens (primary N) is 1. The highest BCUT2D eigenvalue weighted by Gasteiger charge is 2.23. The van der Waals surface area contributed by atoms with Crippen molar-refractivity contribution in [3.8, 4) is 5.75 Å². The third-order valence-electron chi connectivity index (χ3n) is 2.87. The predicted octanol–water partition coefficient (Wildman–Crippen LogP) is 1.69. The van der Waals surface area contributed by atoms with E-state index < -0.39 is 5.97 Å². The number of nitrogens with zero attached hydrogens (tertiary/aromatic N) is 1. The Morgan fingerprint density at radius 3 is 2.48 bits per heavy atom. The first kappa shape index (κ1) is 16.8. The summed E-state index contributed by atoms with van der Waals surface area (Å²) >= 11 is 0. The van der Waals surface area contributed by atoms with Crippen molar-refractivity contribution < 1.29 is 19.1 Å². The van der Waals surface area contributed by atoms with Crippen LogP contribution in [-0.4, -0.2) is 43.1 Å². The first-order valence-corrected chi connectivity index (χ1v) is 7.01. The van der Waals surface area contributed by atoms with E-state index in [0.717, 1.165) is 0 Å². The molecule has 0 aliphatic heterocycles. The Balaban J connectivity index is 3.02. The summed E-state index contributed by atoms with van der Waals surface area (Å²) < 4.78 is 10.3. The number of hydrogen-bond acceptors (Lipinski definition) is 5. The number of rotatable bonds is 7. The second kappa shape index (κ2) is 8.14. The molecular formula is C15H22N2O4. The highest BCUT2D eigenvalue weighted by Crippen LogP contribution is 2.26. The first-order chi connectivity index (χ1) is 10.0. The first-order valence-electron chi connectivity index (χ1n) is 7.01. The third-order valence-corrected chi connectivity index (χ3v) is 2.87. The number of likely N-dealkylation sites (N-methyl/N-ethyl adjacent to an activating group) is 1. The van der Waals surface area contributed by atoms with Crippen molar-refractivity contribution in [3.63, 3.8) is 0 Å². The molecule has 0 heterocycles. The van der Waals surface area contributed by atoms with Gasteiger partial charge in [-0.05, 0) is 32.9 Å². The standard InChI is InChI=1S/C15H22N2O4/c1-4-17(10-13(18)21-6-3)15(19)14-11(16)8-7-9-12(14)20-5-2/h7-9H,4-6,10,16H2,1-3H3. The molecule has 0 fully saturated rings. The lowest BCUT2D eigenvalue weighted by Gasteiger charge is -2.22. The van der Waals surface area contributed by atoms with Crippen molar-refractivity contribution in [2.75, 3.05) is 32.0 Å². The zero-order chi connectivity index (χ0) is 15.8. The SMILES string of the molecule is CCOC(=O)CN(CC)C(=O)c1c(N)cccc1OCC. The summed E-state index contributed by atoms with van der Waals surface area (Å²) in [6.07, 6.45) is 0. The van der Waals surface area contributed by atoms with Crippen LogP contribution in [0.3, 0.4) is 0 Å². The van der Waals surface area contributed by atoms with E-state index in [1.54, 1.807) is 32.0 Å². The van der Waals surface area contributed by atoms with E-state index in [-0.39, 0.29) is 24.6 Å². The molecule has 0 aliphatic carbocycles. The van der Waals surface area contributed by atoms with Gasteiger partial charge in [0.15, 0.2) is 0 Å². The quantitative estimate of drug-likeness (QED) is 0.611. The molecule has 0 aromatic heterocycles. The predicted molar refractivity (Wildman–Crippen MR) is 80.2 cm³/mol. The summed E-state index contributed by atoms with van der Waals surface area (Å²) in [4.78, 5) is 25.5. The van der Waals surface area contributed by atoms with E-state index in [0.29, 0.717) is 24.6 Å². The highest BCUT2D eigenvalue weighted by atomic mass is 16.5. The topological polar surface area (TPSA) is 81.9 Å². The van der Waals surface area contributed by atoms with Crippen LogP contribution >= 0.6 is 0 Å². The summed E-state index contributed by atoms with van der Waals surface area (Å²) in [7, 11) is 0. The molecule has 0 radical (unpaired) electrons. The zero-order valence-electron chi connectivity index (χ0n) is 12.7. The highest BCUT2D eigenvalue weighted by molar-refractivity contribution is 6.02. The summed E-state index contributed by atoms with van der Waals surface area (Å²) in [6.45, 7) is 6.30. The monoisotopic (exact) mass is 294 g/mol. The molecular weight excluding hydrogens is 272 g/mol. The average Bonchev–Trinajstić information content (AvgIpc) is 2.45. The molecule has 2 N–H and O–H groups in total. The van der Waals surface area contributed by atoms with Crippen LogP contribution in [0, 0.1) is 0 Å². The molecule has 116 valence electrons. The molecule has 0 bridgehead atoms. The van der Waals surface area contributed by atoms with Crippen molar-refractivity contribution in [1.29, 1.82) is 0 Å². The van der Waals surface area contributed by atoms with Gasteiger partial charge in [-0.25, -0.2) is 0 Å². The minimum absolute atomic E-state index is 0.108. The smallest absolute Gasteiger partial charge is 0.325 e. The molecule has 1 rings (SSSR count). The van der Waals surface area contributed by atoms with Crippen LogP contribution in [0.2, 0.25) is 0 Å². The molecule has 1 aromatic rings. The molecule has 0 saturated heterocycles. The van der Waals surface area contributed by atoms with Crippen molar-refractivity contribution >= 4 is 17.6 Å². The van der Waals surface area contributed by atoms with Crippen LogP contribution in [0.25, 0.3) is 0 Å². The van der Waals surface area contributed by atoms with Gasteiger partial charge in [0.2, 0.25) is 0 Å². The fourth-order valence-corrected chi connectivity index (χ4v) is 1.90. The van der Waals surface area contributed by atoms with Gasteiger partial charge in [0.25, 0.3) is 5.91 Å². The Morgan fingerprint density at radius 2 is 1.90 bits per heavy atom. The second-order valence-electron chi connectivity index (χ2n) is 4.28. The van der Waals surface area contributed by atoms with Gasteiger partial charge in [-0.15, -0.1) is 0 Å². The van der Waals surface area contributed by atoms with Gasteiger partial charge in [-0.3, -0.25) is 9.59 Å². The average molecular weight is 294 g/mol. The van der Waals surface area contributed by atoms with Gasteiger partial charge in [-0.1, -0.05) is 6.07 Å². The fraction of sp³-hybridized carbons (Fsp3) is 0.467. The van der Waals surface area contributed by atoms with E-state index in [9.17, 15) is 9.59 Å². The number of amides is 1. The maximum absolute atomic E-state index is 12.6. The van der Waals surface area contributed by atoms with Crippen molar-refractivity contribution in [3.05, 3.63) is 23.8 Å². The minimum Gasteiger partial charge on any atom is -0.493 e. The summed E-state index contributed by atoms with van der Waals surface area (Å²) in [5.74, 6) is -0.364. The zero-order valence-corrected chi connectivity index (χ0v) is 12.7.